The maximum Gasteiger partial charge on any atom is 0.258 e. The third-order valence-corrected chi connectivity index (χ3v) is 8.17. The van der Waals surface area contributed by atoms with Gasteiger partial charge in [-0.05, 0) is 55.2 Å². The molecule has 1 saturated heterocycles. The van der Waals surface area contributed by atoms with Gasteiger partial charge in [-0.3, -0.25) is 4.79 Å². The molecule has 0 atom stereocenters. The van der Waals surface area contributed by atoms with Crippen molar-refractivity contribution >= 4 is 33.2 Å². The molecule has 0 bridgehead atoms. The van der Waals surface area contributed by atoms with Gasteiger partial charge in [0.2, 0.25) is 10.0 Å². The van der Waals surface area contributed by atoms with E-state index in [1.807, 2.05) is 19.1 Å². The molecule has 7 nitrogen and oxygen atoms in total. The third-order valence-electron chi connectivity index (χ3n) is 5.79. The smallest absolute Gasteiger partial charge is 0.258 e. The lowest BCUT2D eigenvalue weighted by Gasteiger charge is -2.32. The van der Waals surface area contributed by atoms with E-state index in [0.717, 1.165) is 29.7 Å². The summed E-state index contributed by atoms with van der Waals surface area (Å²) in [5.74, 6) is 0.351. The Kier molecular flexibility index (Phi) is 6.25. The second-order valence-corrected chi connectivity index (χ2v) is 9.95. The van der Waals surface area contributed by atoms with Crippen LogP contribution >= 0.6 is 11.6 Å². The number of anilines is 1. The van der Waals surface area contributed by atoms with Crippen molar-refractivity contribution in [2.24, 2.45) is 0 Å². The zero-order chi connectivity index (χ0) is 22.2. The maximum atomic E-state index is 13.5. The van der Waals surface area contributed by atoms with Crippen molar-refractivity contribution in [3.05, 3.63) is 52.0 Å². The van der Waals surface area contributed by atoms with Crippen molar-refractivity contribution in [2.75, 3.05) is 44.9 Å². The van der Waals surface area contributed by atoms with Crippen molar-refractivity contribution in [1.82, 2.24) is 4.31 Å². The van der Waals surface area contributed by atoms with Crippen LogP contribution in [-0.2, 0) is 21.2 Å². The highest BCUT2D eigenvalue weighted by Gasteiger charge is 2.32. The quantitative estimate of drug-likeness (QED) is 0.694. The topological polar surface area (TPSA) is 76.2 Å². The van der Waals surface area contributed by atoms with Crippen LogP contribution in [0.3, 0.4) is 0 Å². The predicted molar refractivity (Wildman–Crippen MR) is 119 cm³/mol. The summed E-state index contributed by atoms with van der Waals surface area (Å²) in [4.78, 5) is 15.1. The van der Waals surface area contributed by atoms with Gasteiger partial charge in [-0.25, -0.2) is 8.42 Å². The Morgan fingerprint density at radius 2 is 1.87 bits per heavy atom. The molecule has 166 valence electrons. The molecule has 2 aromatic rings. The van der Waals surface area contributed by atoms with E-state index in [9.17, 15) is 13.2 Å². The number of hydrogen-bond donors (Lipinski definition) is 0. The first-order valence-corrected chi connectivity index (χ1v) is 12.0. The van der Waals surface area contributed by atoms with E-state index in [1.54, 1.807) is 18.1 Å². The van der Waals surface area contributed by atoms with Gasteiger partial charge in [0.1, 0.15) is 10.6 Å². The number of aryl methyl sites for hydroxylation is 1. The molecule has 2 aliphatic heterocycles. The first-order valence-electron chi connectivity index (χ1n) is 10.2. The Hall–Kier alpha value is -2.13. The number of hydrogen-bond acceptors (Lipinski definition) is 5. The van der Waals surface area contributed by atoms with Gasteiger partial charge < -0.3 is 14.4 Å². The number of halogens is 1. The fourth-order valence-electron chi connectivity index (χ4n) is 4.14. The van der Waals surface area contributed by atoms with Gasteiger partial charge in [-0.1, -0.05) is 17.7 Å². The minimum absolute atomic E-state index is 0.0599. The van der Waals surface area contributed by atoms with Crippen LogP contribution < -0.4 is 9.64 Å². The number of amides is 1. The largest absolute Gasteiger partial charge is 0.495 e. The lowest BCUT2D eigenvalue weighted by molar-refractivity contribution is 0.0730. The molecule has 1 fully saturated rings. The molecule has 4 rings (SSSR count). The van der Waals surface area contributed by atoms with Gasteiger partial charge in [0.15, 0.2) is 0 Å². The summed E-state index contributed by atoms with van der Waals surface area (Å²) in [5.41, 5.74) is 3.20. The highest BCUT2D eigenvalue weighted by Crippen LogP contribution is 2.39. The summed E-state index contributed by atoms with van der Waals surface area (Å²) in [5, 5.41) is 0.0931. The molecule has 31 heavy (non-hydrogen) atoms. The number of methoxy groups -OCH3 is 1. The third kappa shape index (κ3) is 4.05. The van der Waals surface area contributed by atoms with Crippen molar-refractivity contribution in [2.45, 2.75) is 24.7 Å². The Labute approximate surface area is 187 Å². The number of carbonyl (C=O) groups is 1. The molecule has 2 aliphatic rings. The molecule has 0 radical (unpaired) electrons. The van der Waals surface area contributed by atoms with E-state index in [-0.39, 0.29) is 34.5 Å². The number of ether oxygens (including phenoxy) is 2. The minimum Gasteiger partial charge on any atom is -0.495 e. The summed E-state index contributed by atoms with van der Waals surface area (Å²) < 4.78 is 38.4. The van der Waals surface area contributed by atoms with Crippen LogP contribution in [0.1, 0.15) is 27.9 Å². The number of benzene rings is 2. The normalized spacial score (nSPS) is 17.3. The van der Waals surface area contributed by atoms with E-state index >= 15 is 0 Å². The second-order valence-electron chi connectivity index (χ2n) is 7.63. The Morgan fingerprint density at radius 3 is 2.58 bits per heavy atom. The lowest BCUT2D eigenvalue weighted by Crippen LogP contribution is -2.41. The summed E-state index contributed by atoms with van der Waals surface area (Å²) in [6.07, 6.45) is 1.68. The Balaban J connectivity index is 1.74. The first kappa shape index (κ1) is 22.1. The Morgan fingerprint density at radius 1 is 1.13 bits per heavy atom. The molecule has 0 aromatic heterocycles. The van der Waals surface area contributed by atoms with Crippen LogP contribution in [0, 0.1) is 6.92 Å². The monoisotopic (exact) mass is 464 g/mol. The van der Waals surface area contributed by atoms with E-state index in [1.165, 1.54) is 16.4 Å². The Bertz CT molecular complexity index is 1110. The van der Waals surface area contributed by atoms with E-state index in [0.29, 0.717) is 25.5 Å². The molecule has 0 saturated carbocycles. The highest BCUT2D eigenvalue weighted by molar-refractivity contribution is 7.89. The van der Waals surface area contributed by atoms with Crippen LogP contribution in [0.2, 0.25) is 5.02 Å². The number of carbonyl (C=O) groups excluding carboxylic acids is 1. The fraction of sp³-hybridized carbons (Fsp3) is 0.409. The predicted octanol–water partition coefficient (Wildman–Crippen LogP) is 3.27. The molecule has 0 N–H and O–H groups in total. The standard InChI is InChI=1S/C22H25ClN2O5S/c1-15-5-8-19(29-2)21-17(15)4-3-9-25(21)22(26)16-6-7-18(23)20(14-16)31(27,28)24-10-12-30-13-11-24/h5-8,14H,3-4,9-13H2,1-2H3. The highest BCUT2D eigenvalue weighted by atomic mass is 35.5. The molecule has 2 aromatic carbocycles. The van der Waals surface area contributed by atoms with Gasteiger partial charge >= 0.3 is 0 Å². The van der Waals surface area contributed by atoms with Crippen LogP contribution in [0.25, 0.3) is 0 Å². The fourth-order valence-corrected chi connectivity index (χ4v) is 6.05. The number of rotatable bonds is 4. The van der Waals surface area contributed by atoms with Gasteiger partial charge in [0.05, 0.1) is 31.0 Å². The van der Waals surface area contributed by atoms with Crippen LogP contribution in [-0.4, -0.2) is 58.6 Å². The summed E-state index contributed by atoms with van der Waals surface area (Å²) in [6.45, 7) is 3.72. The average molecular weight is 465 g/mol. The second kappa shape index (κ2) is 8.78. The molecular weight excluding hydrogens is 440 g/mol. The maximum absolute atomic E-state index is 13.5. The van der Waals surface area contributed by atoms with Crippen molar-refractivity contribution in [3.63, 3.8) is 0 Å². The SMILES string of the molecule is COc1ccc(C)c2c1N(C(=O)c1ccc(Cl)c(S(=O)(=O)N3CCOCC3)c1)CCC2. The summed E-state index contributed by atoms with van der Waals surface area (Å²) in [6, 6.07) is 8.27. The summed E-state index contributed by atoms with van der Waals surface area (Å²) >= 11 is 6.26. The minimum atomic E-state index is -3.83. The van der Waals surface area contributed by atoms with Gasteiger partial charge in [-0.15, -0.1) is 0 Å². The average Bonchev–Trinajstić information content (AvgIpc) is 2.79. The van der Waals surface area contributed by atoms with E-state index < -0.39 is 10.0 Å². The molecule has 1 amide bonds. The molecular formula is C22H25ClN2O5S. The van der Waals surface area contributed by atoms with Gasteiger partial charge in [0, 0.05) is 25.2 Å². The first-order chi connectivity index (χ1) is 14.8. The van der Waals surface area contributed by atoms with E-state index in [2.05, 4.69) is 0 Å². The van der Waals surface area contributed by atoms with Crippen molar-refractivity contribution in [3.8, 4) is 5.75 Å². The van der Waals surface area contributed by atoms with E-state index in [4.69, 9.17) is 21.1 Å². The van der Waals surface area contributed by atoms with Crippen LogP contribution in [0.5, 0.6) is 5.75 Å². The van der Waals surface area contributed by atoms with Crippen LogP contribution in [0.15, 0.2) is 35.2 Å². The number of fused-ring (bicyclic) bond motifs is 1. The molecule has 0 aliphatic carbocycles. The lowest BCUT2D eigenvalue weighted by atomic mass is 9.95. The molecule has 0 unspecified atom stereocenters. The summed E-state index contributed by atoms with van der Waals surface area (Å²) in [7, 11) is -2.25. The van der Waals surface area contributed by atoms with Crippen molar-refractivity contribution < 1.29 is 22.7 Å². The zero-order valence-electron chi connectivity index (χ0n) is 17.6. The van der Waals surface area contributed by atoms with Gasteiger partial charge in [0.25, 0.3) is 5.91 Å². The van der Waals surface area contributed by atoms with Gasteiger partial charge in [-0.2, -0.15) is 4.31 Å². The van der Waals surface area contributed by atoms with Crippen molar-refractivity contribution in [1.29, 1.82) is 0 Å². The number of sulfonamides is 1. The zero-order valence-corrected chi connectivity index (χ0v) is 19.1. The number of morpholine rings is 1. The molecule has 0 spiro atoms. The molecule has 9 heteroatoms. The number of nitrogens with zero attached hydrogens (tertiary/aromatic N) is 2. The van der Waals surface area contributed by atoms with Crippen LogP contribution in [0.4, 0.5) is 5.69 Å². The molecule has 2 heterocycles.